The van der Waals surface area contributed by atoms with Crippen LogP contribution in [-0.2, 0) is 0 Å². The molecule has 0 bridgehead atoms. The van der Waals surface area contributed by atoms with Crippen molar-refractivity contribution in [3.63, 3.8) is 0 Å². The average Bonchev–Trinajstić information content (AvgIpc) is 3.71. The van der Waals surface area contributed by atoms with Gasteiger partial charge in [0.25, 0.3) is 0 Å². The molecule has 0 spiro atoms. The minimum Gasteiger partial charge on any atom is -0.309 e. The van der Waals surface area contributed by atoms with Crippen LogP contribution in [0.3, 0.4) is 0 Å². The summed E-state index contributed by atoms with van der Waals surface area (Å²) in [6.45, 7) is 0. The molecule has 0 fully saturated rings. The van der Waals surface area contributed by atoms with Gasteiger partial charge in [-0.2, -0.15) is 0 Å². The van der Waals surface area contributed by atoms with Crippen LogP contribution >= 0.6 is 0 Å². The Bertz CT molecular complexity index is 3630. The molecule has 0 saturated carbocycles. The fourth-order valence-electron chi connectivity index (χ4n) is 9.18. The van der Waals surface area contributed by atoms with Crippen molar-refractivity contribution >= 4 is 43.5 Å². The second-order valence-corrected chi connectivity index (χ2v) is 16.0. The lowest BCUT2D eigenvalue weighted by molar-refractivity contribution is 1.18. The third-order valence-corrected chi connectivity index (χ3v) is 12.2. The van der Waals surface area contributed by atoms with Crippen LogP contribution in [0.5, 0.6) is 0 Å². The lowest BCUT2D eigenvalue weighted by atomic mass is 9.95. The Morgan fingerprint density at radius 2 is 0.810 bits per heavy atom. The maximum Gasteiger partial charge on any atom is 0.160 e. The van der Waals surface area contributed by atoms with Crippen LogP contribution in [0.1, 0.15) is 0 Å². The molecule has 0 atom stereocenters. The van der Waals surface area contributed by atoms with Crippen molar-refractivity contribution in [2.45, 2.75) is 0 Å². The predicted octanol–water partition coefficient (Wildman–Crippen LogP) is 15.3. The lowest BCUT2D eigenvalue weighted by Gasteiger charge is -2.13. The Kier molecular flexibility index (Phi) is 8.79. The van der Waals surface area contributed by atoms with Crippen LogP contribution in [0.2, 0.25) is 0 Å². The molecule has 3 aromatic heterocycles. The van der Waals surface area contributed by atoms with Crippen LogP contribution in [-0.4, -0.2) is 19.5 Å². The van der Waals surface area contributed by atoms with Crippen LogP contribution < -0.4 is 0 Å². The van der Waals surface area contributed by atoms with Gasteiger partial charge in [-0.15, -0.1) is 0 Å². The zero-order valence-corrected chi connectivity index (χ0v) is 34.2. The summed E-state index contributed by atoms with van der Waals surface area (Å²) in [7, 11) is 0. The maximum atomic E-state index is 5.33. The predicted molar refractivity (Wildman–Crippen MR) is 262 cm³/mol. The number of aromatic nitrogens is 4. The number of para-hydroxylation sites is 3. The number of benzene rings is 9. The Morgan fingerprint density at radius 1 is 0.286 bits per heavy atom. The van der Waals surface area contributed by atoms with E-state index in [1.54, 1.807) is 0 Å². The van der Waals surface area contributed by atoms with Gasteiger partial charge in [-0.25, -0.2) is 15.0 Å². The van der Waals surface area contributed by atoms with E-state index in [1.165, 1.54) is 27.2 Å². The van der Waals surface area contributed by atoms with E-state index in [0.29, 0.717) is 5.82 Å². The number of fused-ring (bicyclic) bond motifs is 7. The molecule has 0 N–H and O–H groups in total. The summed E-state index contributed by atoms with van der Waals surface area (Å²) in [5, 5.41) is 6.00. The Morgan fingerprint density at radius 3 is 1.52 bits per heavy atom. The summed E-state index contributed by atoms with van der Waals surface area (Å²) in [5.41, 5.74) is 15.9. The van der Waals surface area contributed by atoms with Crippen molar-refractivity contribution in [1.29, 1.82) is 0 Å². The quantitative estimate of drug-likeness (QED) is 0.151. The van der Waals surface area contributed by atoms with Gasteiger partial charge in [-0.05, 0) is 64.7 Å². The molecule has 12 rings (SSSR count). The molecule has 0 unspecified atom stereocenters. The van der Waals surface area contributed by atoms with Crippen LogP contribution in [0.4, 0.5) is 0 Å². The van der Waals surface area contributed by atoms with E-state index in [1.807, 2.05) is 12.1 Å². The molecule has 63 heavy (non-hydrogen) atoms. The Hall–Kier alpha value is -8.47. The van der Waals surface area contributed by atoms with E-state index in [4.69, 9.17) is 15.0 Å². The minimum absolute atomic E-state index is 0.696. The Labute approximate surface area is 365 Å². The van der Waals surface area contributed by atoms with Crippen LogP contribution in [0.15, 0.2) is 231 Å². The number of pyridine rings is 1. The molecule has 3 heterocycles. The fourth-order valence-corrected chi connectivity index (χ4v) is 9.18. The molecule has 12 aromatic rings. The molecular formula is C59H38N4. The largest absolute Gasteiger partial charge is 0.309 e. The van der Waals surface area contributed by atoms with Gasteiger partial charge in [0.15, 0.2) is 5.82 Å². The smallest absolute Gasteiger partial charge is 0.160 e. The molecule has 0 aliphatic heterocycles. The molecule has 0 aliphatic carbocycles. The standard InChI is InChI=1S/C59H38N4/c1-4-15-39(16-5-1)45-19-14-20-46(37-45)59-61-52(42-17-6-2-7-18-42)38-53(62-59)43-31-27-40(28-32-43)41-29-33-44(34-30-41)58-50-35-36-55-57(56(50)48-23-10-12-25-51(48)60-58)49-24-11-13-26-54(49)63(55)47-21-8-3-9-22-47/h1-38H. The van der Waals surface area contributed by atoms with Gasteiger partial charge in [-0.1, -0.05) is 188 Å². The first-order valence-electron chi connectivity index (χ1n) is 21.4. The van der Waals surface area contributed by atoms with Gasteiger partial charge in [-0.3, -0.25) is 0 Å². The van der Waals surface area contributed by atoms with Crippen molar-refractivity contribution in [3.8, 4) is 73.1 Å². The molecule has 0 saturated heterocycles. The Balaban J connectivity index is 0.923. The first-order chi connectivity index (χ1) is 31.2. The van der Waals surface area contributed by atoms with Gasteiger partial charge >= 0.3 is 0 Å². The van der Waals surface area contributed by atoms with E-state index >= 15 is 0 Å². The third-order valence-electron chi connectivity index (χ3n) is 12.2. The van der Waals surface area contributed by atoms with Gasteiger partial charge in [0.1, 0.15) is 0 Å². The summed E-state index contributed by atoms with van der Waals surface area (Å²) in [6.07, 6.45) is 0. The van der Waals surface area contributed by atoms with E-state index in [2.05, 4.69) is 223 Å². The number of nitrogens with zero attached hydrogens (tertiary/aromatic N) is 4. The SMILES string of the molecule is c1ccc(-c2cccc(-c3nc(-c4ccccc4)cc(-c4ccc(-c5ccc(-c6nc7ccccc7c7c6ccc6c7c7ccccc7n6-c6ccccc6)cc5)cc4)n3)c2)cc1. The van der Waals surface area contributed by atoms with Gasteiger partial charge < -0.3 is 4.57 Å². The van der Waals surface area contributed by atoms with E-state index in [0.717, 1.165) is 83.6 Å². The molecular weight excluding hydrogens is 765 g/mol. The summed E-state index contributed by atoms with van der Waals surface area (Å²) < 4.78 is 2.38. The van der Waals surface area contributed by atoms with E-state index in [9.17, 15) is 0 Å². The lowest BCUT2D eigenvalue weighted by Crippen LogP contribution is -1.96. The van der Waals surface area contributed by atoms with Gasteiger partial charge in [0.05, 0.1) is 33.6 Å². The average molecular weight is 803 g/mol. The highest BCUT2D eigenvalue weighted by Crippen LogP contribution is 2.42. The molecule has 0 aliphatic rings. The first-order valence-corrected chi connectivity index (χ1v) is 21.4. The van der Waals surface area contributed by atoms with Crippen molar-refractivity contribution in [2.75, 3.05) is 0 Å². The van der Waals surface area contributed by atoms with E-state index in [-0.39, 0.29) is 0 Å². The highest BCUT2D eigenvalue weighted by atomic mass is 15.0. The molecule has 0 amide bonds. The monoisotopic (exact) mass is 802 g/mol. The molecule has 9 aromatic carbocycles. The summed E-state index contributed by atoms with van der Waals surface area (Å²) >= 11 is 0. The number of hydrogen-bond acceptors (Lipinski definition) is 3. The van der Waals surface area contributed by atoms with Crippen molar-refractivity contribution in [3.05, 3.63) is 231 Å². The summed E-state index contributed by atoms with van der Waals surface area (Å²) in [6, 6.07) is 81.4. The molecule has 294 valence electrons. The topological polar surface area (TPSA) is 43.6 Å². The fraction of sp³-hybridized carbons (Fsp3) is 0. The highest BCUT2D eigenvalue weighted by molar-refractivity contribution is 6.29. The zero-order valence-electron chi connectivity index (χ0n) is 34.2. The third kappa shape index (κ3) is 6.44. The molecule has 4 nitrogen and oxygen atoms in total. The summed E-state index contributed by atoms with van der Waals surface area (Å²) in [5.74, 6) is 0.696. The second-order valence-electron chi connectivity index (χ2n) is 16.0. The maximum absolute atomic E-state index is 5.33. The van der Waals surface area contributed by atoms with Gasteiger partial charge in [0.2, 0.25) is 0 Å². The zero-order chi connectivity index (χ0) is 41.7. The molecule has 4 heteroatoms. The molecule has 0 radical (unpaired) electrons. The van der Waals surface area contributed by atoms with E-state index < -0.39 is 0 Å². The van der Waals surface area contributed by atoms with Crippen LogP contribution in [0.25, 0.3) is 117 Å². The normalized spacial score (nSPS) is 11.5. The minimum atomic E-state index is 0.696. The van der Waals surface area contributed by atoms with Crippen molar-refractivity contribution < 1.29 is 0 Å². The van der Waals surface area contributed by atoms with Gasteiger partial charge in [0, 0.05) is 54.9 Å². The second kappa shape index (κ2) is 15.2. The number of rotatable bonds is 7. The summed E-state index contributed by atoms with van der Waals surface area (Å²) in [4.78, 5) is 15.6. The van der Waals surface area contributed by atoms with Crippen LogP contribution in [0, 0.1) is 0 Å². The van der Waals surface area contributed by atoms with Crippen molar-refractivity contribution in [1.82, 2.24) is 19.5 Å². The van der Waals surface area contributed by atoms with Crippen molar-refractivity contribution in [2.24, 2.45) is 0 Å². The highest BCUT2D eigenvalue weighted by Gasteiger charge is 2.20. The number of hydrogen-bond donors (Lipinski definition) is 0. The first kappa shape index (κ1) is 36.4.